The molecule has 0 fully saturated rings. The Morgan fingerprint density at radius 2 is 2.33 bits per heavy atom. The molecule has 0 amide bonds. The predicted octanol–water partition coefficient (Wildman–Crippen LogP) is 1.62. The molecule has 1 atom stereocenters. The minimum Gasteiger partial charge on any atom is -0.396 e. The Balaban J connectivity index is 2.88. The lowest BCUT2D eigenvalue weighted by atomic mass is 9.80. The highest BCUT2D eigenvalue weighted by atomic mass is 35.5. The van der Waals surface area contributed by atoms with E-state index in [1.54, 1.807) is 12.4 Å². The van der Waals surface area contributed by atoms with E-state index in [9.17, 15) is 5.11 Å². The molecule has 0 spiro atoms. The second-order valence-corrected chi connectivity index (χ2v) is 4.27. The lowest BCUT2D eigenvalue weighted by molar-refractivity contribution is 0.127. The smallest absolute Gasteiger partial charge is 0.0621 e. The molecule has 84 valence electrons. The Morgan fingerprint density at radius 3 is 2.80 bits per heavy atom. The van der Waals surface area contributed by atoms with Crippen molar-refractivity contribution in [2.45, 2.75) is 19.8 Å². The number of nitrogens with two attached hydrogens (primary N) is 1. The third-order valence-electron chi connectivity index (χ3n) is 2.94. The minimum atomic E-state index is -0.259. The Morgan fingerprint density at radius 1 is 1.60 bits per heavy atom. The molecule has 4 heteroatoms. The van der Waals surface area contributed by atoms with Gasteiger partial charge in [0.05, 0.1) is 11.6 Å². The summed E-state index contributed by atoms with van der Waals surface area (Å²) in [7, 11) is 0. The van der Waals surface area contributed by atoms with E-state index >= 15 is 0 Å². The summed E-state index contributed by atoms with van der Waals surface area (Å²) in [5, 5.41) is 10.0. The van der Waals surface area contributed by atoms with Crippen LogP contribution in [0, 0.1) is 5.41 Å². The summed E-state index contributed by atoms with van der Waals surface area (Å²) in [6.45, 7) is 2.56. The lowest BCUT2D eigenvalue weighted by Crippen LogP contribution is -2.35. The quantitative estimate of drug-likeness (QED) is 0.805. The molecule has 0 saturated carbocycles. The van der Waals surface area contributed by atoms with Crippen molar-refractivity contribution in [3.63, 3.8) is 0 Å². The zero-order valence-electron chi connectivity index (χ0n) is 8.91. The zero-order chi connectivity index (χ0) is 11.3. The molecule has 3 nitrogen and oxygen atoms in total. The maximum absolute atomic E-state index is 9.39. The van der Waals surface area contributed by atoms with Gasteiger partial charge in [-0.1, -0.05) is 18.5 Å². The molecule has 1 aromatic rings. The number of rotatable bonds is 5. The molecule has 15 heavy (non-hydrogen) atoms. The van der Waals surface area contributed by atoms with Crippen LogP contribution < -0.4 is 5.73 Å². The van der Waals surface area contributed by atoms with Gasteiger partial charge in [0.1, 0.15) is 0 Å². The highest BCUT2D eigenvalue weighted by molar-refractivity contribution is 6.31. The van der Waals surface area contributed by atoms with E-state index in [1.165, 1.54) is 0 Å². The fourth-order valence-electron chi connectivity index (χ4n) is 1.53. The Hall–Kier alpha value is -0.640. The summed E-state index contributed by atoms with van der Waals surface area (Å²) in [6, 6.07) is 1.87. The number of nitrogens with zero attached hydrogens (tertiary/aromatic N) is 1. The Kier molecular flexibility index (Phi) is 4.51. The van der Waals surface area contributed by atoms with Crippen molar-refractivity contribution in [3.05, 3.63) is 29.0 Å². The van der Waals surface area contributed by atoms with Gasteiger partial charge in [-0.2, -0.15) is 0 Å². The fraction of sp³-hybridized carbons (Fsp3) is 0.545. The number of aliphatic hydroxyl groups excluding tert-OH is 1. The second kappa shape index (κ2) is 5.45. The average Bonchev–Trinajstić information content (AvgIpc) is 2.29. The van der Waals surface area contributed by atoms with Gasteiger partial charge in [0, 0.05) is 24.4 Å². The number of aromatic nitrogens is 1. The topological polar surface area (TPSA) is 59.1 Å². The summed E-state index contributed by atoms with van der Waals surface area (Å²) >= 11 is 6.02. The first-order valence-electron chi connectivity index (χ1n) is 5.07. The van der Waals surface area contributed by atoms with E-state index in [-0.39, 0.29) is 12.0 Å². The number of hydrogen-bond acceptors (Lipinski definition) is 3. The molecule has 0 aliphatic rings. The van der Waals surface area contributed by atoms with Crippen LogP contribution in [0.15, 0.2) is 18.5 Å². The van der Waals surface area contributed by atoms with Crippen LogP contribution in [-0.2, 0) is 6.42 Å². The number of aliphatic hydroxyl groups is 1. The van der Waals surface area contributed by atoms with Crippen molar-refractivity contribution in [3.8, 4) is 0 Å². The first kappa shape index (κ1) is 12.4. The van der Waals surface area contributed by atoms with Crippen LogP contribution in [0.1, 0.15) is 18.9 Å². The molecule has 1 rings (SSSR count). The van der Waals surface area contributed by atoms with Crippen LogP contribution in [0.4, 0.5) is 0 Å². The van der Waals surface area contributed by atoms with Crippen molar-refractivity contribution >= 4 is 11.6 Å². The maximum Gasteiger partial charge on any atom is 0.0621 e. The third kappa shape index (κ3) is 2.91. The van der Waals surface area contributed by atoms with Crippen molar-refractivity contribution < 1.29 is 5.11 Å². The molecule has 0 aromatic carbocycles. The molecular weight excluding hydrogens is 212 g/mol. The van der Waals surface area contributed by atoms with Crippen molar-refractivity contribution in [2.24, 2.45) is 11.1 Å². The van der Waals surface area contributed by atoms with Gasteiger partial charge in [-0.15, -0.1) is 0 Å². The SMILES string of the molecule is CCC(CN)(CO)Cc1ccncc1Cl. The summed E-state index contributed by atoms with van der Waals surface area (Å²) in [5.74, 6) is 0. The van der Waals surface area contributed by atoms with Crippen LogP contribution in [0.3, 0.4) is 0 Å². The van der Waals surface area contributed by atoms with Crippen molar-refractivity contribution in [2.75, 3.05) is 13.2 Å². The zero-order valence-corrected chi connectivity index (χ0v) is 9.67. The monoisotopic (exact) mass is 228 g/mol. The number of pyridine rings is 1. The molecule has 3 N–H and O–H groups in total. The number of hydrogen-bond donors (Lipinski definition) is 2. The maximum atomic E-state index is 9.39. The summed E-state index contributed by atoms with van der Waals surface area (Å²) in [5.41, 5.74) is 6.44. The van der Waals surface area contributed by atoms with E-state index in [2.05, 4.69) is 4.98 Å². The van der Waals surface area contributed by atoms with Gasteiger partial charge in [0.15, 0.2) is 0 Å². The predicted molar refractivity (Wildman–Crippen MR) is 61.8 cm³/mol. The minimum absolute atomic E-state index is 0.0820. The molecule has 1 aromatic heterocycles. The first-order chi connectivity index (χ1) is 7.17. The number of halogens is 1. The van der Waals surface area contributed by atoms with Gasteiger partial charge in [-0.05, 0) is 24.5 Å². The van der Waals surface area contributed by atoms with Crippen LogP contribution >= 0.6 is 11.6 Å². The molecule has 0 aliphatic carbocycles. The van der Waals surface area contributed by atoms with Gasteiger partial charge in [-0.3, -0.25) is 4.98 Å². The highest BCUT2D eigenvalue weighted by Crippen LogP contribution is 2.28. The molecule has 0 radical (unpaired) electrons. The second-order valence-electron chi connectivity index (χ2n) is 3.86. The molecule has 1 unspecified atom stereocenters. The molecule has 1 heterocycles. The van der Waals surface area contributed by atoms with Crippen LogP contribution in [0.25, 0.3) is 0 Å². The molecule has 0 bridgehead atoms. The van der Waals surface area contributed by atoms with Crippen molar-refractivity contribution in [1.82, 2.24) is 4.98 Å². The van der Waals surface area contributed by atoms with Gasteiger partial charge >= 0.3 is 0 Å². The summed E-state index contributed by atoms with van der Waals surface area (Å²) in [6.07, 6.45) is 4.84. The van der Waals surface area contributed by atoms with Crippen molar-refractivity contribution in [1.29, 1.82) is 0 Å². The Bertz CT molecular complexity index is 305. The summed E-state index contributed by atoms with van der Waals surface area (Å²) in [4.78, 5) is 3.93. The fourth-order valence-corrected chi connectivity index (χ4v) is 1.71. The normalized spacial score (nSPS) is 14.9. The average molecular weight is 229 g/mol. The standard InChI is InChI=1S/C11H17ClN2O/c1-2-11(7-13,8-15)5-9-3-4-14-6-10(9)12/h3-4,6,15H,2,5,7-8,13H2,1H3. The molecular formula is C11H17ClN2O. The van der Waals surface area contributed by atoms with E-state index in [4.69, 9.17) is 17.3 Å². The lowest BCUT2D eigenvalue weighted by Gasteiger charge is -2.29. The van der Waals surface area contributed by atoms with Gasteiger partial charge < -0.3 is 10.8 Å². The van der Waals surface area contributed by atoms with E-state index in [0.717, 1.165) is 12.0 Å². The van der Waals surface area contributed by atoms with Gasteiger partial charge in [0.2, 0.25) is 0 Å². The Labute approximate surface area is 95.3 Å². The van der Waals surface area contributed by atoms with Crippen LogP contribution in [0.5, 0.6) is 0 Å². The molecule has 0 saturated heterocycles. The van der Waals surface area contributed by atoms with Gasteiger partial charge in [0.25, 0.3) is 0 Å². The van der Waals surface area contributed by atoms with E-state index in [1.807, 2.05) is 13.0 Å². The van der Waals surface area contributed by atoms with E-state index < -0.39 is 0 Å². The van der Waals surface area contributed by atoms with Crippen LogP contribution in [0.2, 0.25) is 5.02 Å². The van der Waals surface area contributed by atoms with Gasteiger partial charge in [-0.25, -0.2) is 0 Å². The first-order valence-corrected chi connectivity index (χ1v) is 5.44. The summed E-state index contributed by atoms with van der Waals surface area (Å²) < 4.78 is 0. The van der Waals surface area contributed by atoms with Crippen LogP contribution in [-0.4, -0.2) is 23.2 Å². The highest BCUT2D eigenvalue weighted by Gasteiger charge is 2.26. The largest absolute Gasteiger partial charge is 0.396 e. The molecule has 0 aliphatic heterocycles. The third-order valence-corrected chi connectivity index (χ3v) is 3.28. The van der Waals surface area contributed by atoms with E-state index in [0.29, 0.717) is 18.0 Å².